The lowest BCUT2D eigenvalue weighted by Gasteiger charge is -2.19. The zero-order chi connectivity index (χ0) is 21.1. The predicted molar refractivity (Wildman–Crippen MR) is 120 cm³/mol. The summed E-state index contributed by atoms with van der Waals surface area (Å²) in [7, 11) is 0. The first kappa shape index (κ1) is 21.0. The molecule has 0 saturated heterocycles. The molecule has 5 heteroatoms. The van der Waals surface area contributed by atoms with E-state index >= 15 is 0 Å². The molecule has 3 N–H and O–H groups in total. The average Bonchev–Trinajstić information content (AvgIpc) is 2.66. The summed E-state index contributed by atoms with van der Waals surface area (Å²) in [6.07, 6.45) is 0.601. The van der Waals surface area contributed by atoms with Crippen molar-refractivity contribution in [2.45, 2.75) is 40.2 Å². The second-order valence-electron chi connectivity index (χ2n) is 7.50. The topological polar surface area (TPSA) is 47.3 Å². The molecular weight excluding hydrogens is 387 g/mol. The van der Waals surface area contributed by atoms with Gasteiger partial charge in [0.2, 0.25) is 0 Å². The first-order valence-corrected chi connectivity index (χ1v) is 9.98. The Bertz CT molecular complexity index is 1020. The third kappa shape index (κ3) is 5.01. The van der Waals surface area contributed by atoms with E-state index in [9.17, 15) is 4.39 Å². The number of nitrogen functional groups attached to an aromatic ring is 1. The molecule has 0 amide bonds. The van der Waals surface area contributed by atoms with E-state index in [0.29, 0.717) is 17.1 Å². The maximum atomic E-state index is 14.4. The highest BCUT2D eigenvalue weighted by Crippen LogP contribution is 2.33. The molecule has 0 aliphatic heterocycles. The zero-order valence-corrected chi connectivity index (χ0v) is 17.9. The van der Waals surface area contributed by atoms with E-state index in [-0.39, 0.29) is 11.9 Å². The molecule has 0 unspecified atom stereocenters. The maximum absolute atomic E-state index is 14.4. The molecule has 0 saturated carbocycles. The summed E-state index contributed by atoms with van der Waals surface area (Å²) in [6.45, 7) is 7.72. The van der Waals surface area contributed by atoms with Crippen LogP contribution in [0.15, 0.2) is 48.5 Å². The molecule has 0 bridgehead atoms. The lowest BCUT2D eigenvalue weighted by molar-refractivity contribution is 0.231. The van der Waals surface area contributed by atoms with Crippen LogP contribution in [0.4, 0.5) is 21.5 Å². The Morgan fingerprint density at radius 1 is 1.07 bits per heavy atom. The highest BCUT2D eigenvalue weighted by molar-refractivity contribution is 6.30. The zero-order valence-electron chi connectivity index (χ0n) is 17.1. The molecule has 0 atom stereocenters. The number of ether oxygens (including phenoxy) is 1. The van der Waals surface area contributed by atoms with Crippen molar-refractivity contribution in [2.24, 2.45) is 0 Å². The molecule has 3 aromatic carbocycles. The van der Waals surface area contributed by atoms with Crippen molar-refractivity contribution in [1.82, 2.24) is 0 Å². The predicted octanol–water partition coefficient (Wildman–Crippen LogP) is 6.80. The minimum Gasteiger partial charge on any atom is -0.488 e. The van der Waals surface area contributed by atoms with Gasteiger partial charge in [-0.25, -0.2) is 4.39 Å². The molecule has 3 aromatic rings. The Hall–Kier alpha value is -2.72. The lowest BCUT2D eigenvalue weighted by Crippen LogP contribution is -2.07. The van der Waals surface area contributed by atoms with Gasteiger partial charge in [-0.3, -0.25) is 0 Å². The van der Waals surface area contributed by atoms with Crippen molar-refractivity contribution in [3.05, 3.63) is 81.6 Å². The van der Waals surface area contributed by atoms with Crippen molar-refractivity contribution in [1.29, 1.82) is 0 Å². The van der Waals surface area contributed by atoms with Crippen LogP contribution in [0.3, 0.4) is 0 Å². The normalized spacial score (nSPS) is 11.0. The highest BCUT2D eigenvalue weighted by Gasteiger charge is 2.14. The standard InChI is InChI=1S/C24H26ClFN2O/c1-14(2)29-23-10-9-19(13-21(23)26)28-22-11-15(3)24(27)16(4)20(22)12-17-5-7-18(25)8-6-17/h5-11,13-14,28H,12,27H2,1-4H3. The quantitative estimate of drug-likeness (QED) is 0.437. The molecule has 152 valence electrons. The summed E-state index contributed by atoms with van der Waals surface area (Å²) in [6, 6.07) is 14.7. The Labute approximate surface area is 176 Å². The minimum absolute atomic E-state index is 0.0864. The number of hydrogen-bond acceptors (Lipinski definition) is 3. The Morgan fingerprint density at radius 3 is 2.38 bits per heavy atom. The smallest absolute Gasteiger partial charge is 0.167 e. The van der Waals surface area contributed by atoms with Crippen molar-refractivity contribution < 1.29 is 9.13 Å². The minimum atomic E-state index is -0.396. The van der Waals surface area contributed by atoms with Crippen molar-refractivity contribution in [3.63, 3.8) is 0 Å². The Morgan fingerprint density at radius 2 is 1.76 bits per heavy atom. The lowest BCUT2D eigenvalue weighted by atomic mass is 9.95. The van der Waals surface area contributed by atoms with E-state index in [1.54, 1.807) is 6.07 Å². The van der Waals surface area contributed by atoms with E-state index in [4.69, 9.17) is 22.1 Å². The van der Waals surface area contributed by atoms with Gasteiger partial charge >= 0.3 is 0 Å². The fourth-order valence-electron chi connectivity index (χ4n) is 3.27. The molecular formula is C24H26ClFN2O. The largest absolute Gasteiger partial charge is 0.488 e. The number of nitrogens with two attached hydrogens (primary N) is 1. The first-order valence-electron chi connectivity index (χ1n) is 9.61. The highest BCUT2D eigenvalue weighted by atomic mass is 35.5. The molecule has 0 aliphatic rings. The van der Waals surface area contributed by atoms with Crippen molar-refractivity contribution in [2.75, 3.05) is 11.1 Å². The van der Waals surface area contributed by atoms with E-state index in [2.05, 4.69) is 5.32 Å². The second-order valence-corrected chi connectivity index (χ2v) is 7.93. The van der Waals surface area contributed by atoms with Gasteiger partial charge in [0.15, 0.2) is 11.6 Å². The molecule has 0 fully saturated rings. The second kappa shape index (κ2) is 8.75. The molecule has 0 heterocycles. The van der Waals surface area contributed by atoms with Gasteiger partial charge in [-0.1, -0.05) is 23.7 Å². The fourth-order valence-corrected chi connectivity index (χ4v) is 3.40. The van der Waals surface area contributed by atoms with Crippen LogP contribution in [0.5, 0.6) is 5.75 Å². The molecule has 3 nitrogen and oxygen atoms in total. The van der Waals surface area contributed by atoms with E-state index < -0.39 is 5.82 Å². The van der Waals surface area contributed by atoms with Crippen LogP contribution in [0, 0.1) is 19.7 Å². The molecule has 0 aromatic heterocycles. The van der Waals surface area contributed by atoms with Crippen LogP contribution in [0.2, 0.25) is 5.02 Å². The van der Waals surface area contributed by atoms with Gasteiger partial charge in [0.1, 0.15) is 0 Å². The molecule has 0 spiro atoms. The first-order chi connectivity index (χ1) is 13.7. The fraction of sp³-hybridized carbons (Fsp3) is 0.250. The number of anilines is 3. The number of nitrogens with one attached hydrogen (secondary N) is 1. The summed E-state index contributed by atoms with van der Waals surface area (Å²) in [5.74, 6) is -0.150. The molecule has 3 rings (SSSR count). The molecule has 0 aliphatic carbocycles. The van der Waals surface area contributed by atoms with Crippen LogP contribution in [0.1, 0.15) is 36.1 Å². The average molecular weight is 413 g/mol. The summed E-state index contributed by atoms with van der Waals surface area (Å²) in [4.78, 5) is 0. The number of halogens is 2. The van der Waals surface area contributed by atoms with Crippen LogP contribution in [0.25, 0.3) is 0 Å². The van der Waals surface area contributed by atoms with Crippen LogP contribution in [-0.2, 0) is 6.42 Å². The monoisotopic (exact) mass is 412 g/mol. The molecule has 29 heavy (non-hydrogen) atoms. The van der Waals surface area contributed by atoms with Gasteiger partial charge in [-0.15, -0.1) is 0 Å². The van der Waals surface area contributed by atoms with Gasteiger partial charge in [0.25, 0.3) is 0 Å². The van der Waals surface area contributed by atoms with Crippen molar-refractivity contribution >= 4 is 28.7 Å². The van der Waals surface area contributed by atoms with Crippen LogP contribution in [-0.4, -0.2) is 6.10 Å². The van der Waals surface area contributed by atoms with Gasteiger partial charge in [-0.2, -0.15) is 0 Å². The third-order valence-corrected chi connectivity index (χ3v) is 5.09. The number of benzene rings is 3. The van der Waals surface area contributed by atoms with Gasteiger partial charge in [0, 0.05) is 28.2 Å². The van der Waals surface area contributed by atoms with Gasteiger partial charge in [0.05, 0.1) is 6.10 Å². The number of rotatable bonds is 6. The number of hydrogen-bond donors (Lipinski definition) is 2. The van der Waals surface area contributed by atoms with E-state index in [1.807, 2.05) is 64.1 Å². The summed E-state index contributed by atoms with van der Waals surface area (Å²) >= 11 is 6.01. The van der Waals surface area contributed by atoms with Gasteiger partial charge in [-0.05, 0) is 86.7 Å². The Kier molecular flexibility index (Phi) is 6.33. The number of aryl methyl sites for hydroxylation is 1. The van der Waals surface area contributed by atoms with E-state index in [1.165, 1.54) is 6.07 Å². The Balaban J connectivity index is 1.96. The van der Waals surface area contributed by atoms with E-state index in [0.717, 1.165) is 33.6 Å². The SMILES string of the molecule is Cc1cc(Nc2ccc(OC(C)C)c(F)c2)c(Cc2ccc(Cl)cc2)c(C)c1N. The van der Waals surface area contributed by atoms with Crippen molar-refractivity contribution in [3.8, 4) is 5.75 Å². The van der Waals surface area contributed by atoms with Crippen LogP contribution < -0.4 is 15.8 Å². The third-order valence-electron chi connectivity index (χ3n) is 4.84. The molecule has 0 radical (unpaired) electrons. The summed E-state index contributed by atoms with van der Waals surface area (Å²) in [5.41, 5.74) is 12.8. The summed E-state index contributed by atoms with van der Waals surface area (Å²) < 4.78 is 19.9. The maximum Gasteiger partial charge on any atom is 0.167 e. The van der Waals surface area contributed by atoms with Gasteiger partial charge < -0.3 is 15.8 Å². The summed E-state index contributed by atoms with van der Waals surface area (Å²) in [5, 5.41) is 4.06. The van der Waals surface area contributed by atoms with Crippen LogP contribution >= 0.6 is 11.6 Å².